The van der Waals surface area contributed by atoms with Crippen LogP contribution in [0.25, 0.3) is 0 Å². The summed E-state index contributed by atoms with van der Waals surface area (Å²) in [6.45, 7) is 0.879. The van der Waals surface area contributed by atoms with Crippen molar-refractivity contribution < 1.29 is 19.1 Å². The molecule has 0 aliphatic carbocycles. The van der Waals surface area contributed by atoms with Gasteiger partial charge < -0.3 is 20.7 Å². The largest absolute Gasteiger partial charge is 0.465 e. The molecule has 0 aromatic carbocycles. The van der Waals surface area contributed by atoms with Crippen molar-refractivity contribution in [2.45, 2.75) is 12.8 Å². The maximum absolute atomic E-state index is 12.3. The summed E-state index contributed by atoms with van der Waals surface area (Å²) in [4.78, 5) is 36.8. The predicted molar refractivity (Wildman–Crippen MR) is 78.2 cm³/mol. The first-order valence-corrected chi connectivity index (χ1v) is 7.42. The quantitative estimate of drug-likeness (QED) is 0.820. The van der Waals surface area contributed by atoms with Crippen molar-refractivity contribution in [3.8, 4) is 0 Å². The Morgan fingerprint density at radius 2 is 2.24 bits per heavy atom. The number of likely N-dealkylation sites (tertiary alicyclic amines) is 1. The van der Waals surface area contributed by atoms with E-state index in [4.69, 9.17) is 5.73 Å². The van der Waals surface area contributed by atoms with E-state index in [0.717, 1.165) is 6.42 Å². The van der Waals surface area contributed by atoms with Gasteiger partial charge in [0, 0.05) is 13.1 Å². The first-order valence-electron chi connectivity index (χ1n) is 6.54. The third-order valence-electron chi connectivity index (χ3n) is 3.40. The molecule has 0 saturated carbocycles. The lowest BCUT2D eigenvalue weighted by Gasteiger charge is -2.30. The number of nitrogens with two attached hydrogens (primary N) is 1. The topological polar surface area (TPSA) is 102 Å². The highest BCUT2D eigenvalue weighted by atomic mass is 32.1. The number of urea groups is 1. The number of carbonyl (C=O) groups is 3. The van der Waals surface area contributed by atoms with Crippen molar-refractivity contribution >= 4 is 34.9 Å². The summed E-state index contributed by atoms with van der Waals surface area (Å²) in [5.41, 5.74) is 5.68. The van der Waals surface area contributed by atoms with Crippen molar-refractivity contribution in [2.75, 3.05) is 25.5 Å². The molecule has 1 aliphatic heterocycles. The molecule has 1 atom stereocenters. The Hall–Kier alpha value is -2.09. The van der Waals surface area contributed by atoms with E-state index < -0.39 is 12.0 Å². The lowest BCUT2D eigenvalue weighted by Crippen LogP contribution is -2.46. The minimum absolute atomic E-state index is 0.218. The molecular formula is C13H17N3O4S. The molecule has 2 rings (SSSR count). The van der Waals surface area contributed by atoms with E-state index >= 15 is 0 Å². The summed E-state index contributed by atoms with van der Waals surface area (Å²) in [5, 5.41) is 4.43. The van der Waals surface area contributed by atoms with Gasteiger partial charge in [-0.2, -0.15) is 0 Å². The lowest BCUT2D eigenvalue weighted by atomic mass is 9.97. The first kappa shape index (κ1) is 15.3. The fourth-order valence-corrected chi connectivity index (χ4v) is 3.05. The zero-order valence-electron chi connectivity index (χ0n) is 11.6. The Balaban J connectivity index is 2.03. The minimum atomic E-state index is -0.515. The molecule has 8 heteroatoms. The van der Waals surface area contributed by atoms with Crippen LogP contribution in [0.1, 0.15) is 22.5 Å². The number of amides is 3. The van der Waals surface area contributed by atoms with Gasteiger partial charge in [-0.1, -0.05) is 0 Å². The van der Waals surface area contributed by atoms with Crippen LogP contribution in [0.2, 0.25) is 0 Å². The molecule has 1 aromatic heterocycles. The number of hydrogen-bond donors (Lipinski definition) is 2. The van der Waals surface area contributed by atoms with Gasteiger partial charge in [0.25, 0.3) is 0 Å². The molecule has 1 fully saturated rings. The van der Waals surface area contributed by atoms with Gasteiger partial charge in [-0.3, -0.25) is 4.79 Å². The molecule has 1 unspecified atom stereocenters. The van der Waals surface area contributed by atoms with E-state index in [1.54, 1.807) is 11.4 Å². The summed E-state index contributed by atoms with van der Waals surface area (Å²) in [6, 6.07) is 1.14. The average molecular weight is 311 g/mol. The highest BCUT2D eigenvalue weighted by Gasteiger charge is 2.28. The SMILES string of the molecule is COC(=O)c1sccc1NC(=O)C1CCCN(C(N)=O)C1. The van der Waals surface area contributed by atoms with Crippen LogP contribution in [-0.4, -0.2) is 43.0 Å². The van der Waals surface area contributed by atoms with Crippen LogP contribution in [0.3, 0.4) is 0 Å². The maximum Gasteiger partial charge on any atom is 0.350 e. The third-order valence-corrected chi connectivity index (χ3v) is 4.29. The molecule has 2 heterocycles. The number of esters is 1. The molecule has 3 N–H and O–H groups in total. The van der Waals surface area contributed by atoms with Crippen LogP contribution >= 0.6 is 11.3 Å². The number of nitrogens with zero attached hydrogens (tertiary/aromatic N) is 1. The van der Waals surface area contributed by atoms with Crippen molar-refractivity contribution in [1.82, 2.24) is 4.90 Å². The Bertz CT molecular complexity index is 557. The summed E-state index contributed by atoms with van der Waals surface area (Å²) >= 11 is 1.20. The number of rotatable bonds is 3. The summed E-state index contributed by atoms with van der Waals surface area (Å²) in [7, 11) is 1.29. The van der Waals surface area contributed by atoms with Crippen molar-refractivity contribution in [3.63, 3.8) is 0 Å². The molecule has 3 amide bonds. The van der Waals surface area contributed by atoms with E-state index in [0.29, 0.717) is 30.1 Å². The molecule has 0 spiro atoms. The van der Waals surface area contributed by atoms with Crippen molar-refractivity contribution in [3.05, 3.63) is 16.3 Å². The van der Waals surface area contributed by atoms with Crippen LogP contribution in [0.15, 0.2) is 11.4 Å². The van der Waals surface area contributed by atoms with E-state index in [2.05, 4.69) is 10.1 Å². The Morgan fingerprint density at radius 1 is 1.48 bits per heavy atom. The minimum Gasteiger partial charge on any atom is -0.465 e. The highest BCUT2D eigenvalue weighted by molar-refractivity contribution is 7.12. The van der Waals surface area contributed by atoms with Crippen molar-refractivity contribution in [2.24, 2.45) is 11.7 Å². The summed E-state index contributed by atoms with van der Waals surface area (Å²) < 4.78 is 4.66. The van der Waals surface area contributed by atoms with Gasteiger partial charge in [0.15, 0.2) is 0 Å². The number of carbonyl (C=O) groups excluding carboxylic acids is 3. The lowest BCUT2D eigenvalue weighted by molar-refractivity contribution is -0.121. The van der Waals surface area contributed by atoms with Gasteiger partial charge in [-0.15, -0.1) is 11.3 Å². The predicted octanol–water partition coefficient (Wildman–Crippen LogP) is 1.26. The van der Waals surface area contributed by atoms with Crippen LogP contribution < -0.4 is 11.1 Å². The molecule has 0 radical (unpaired) electrons. The monoisotopic (exact) mass is 311 g/mol. The fourth-order valence-electron chi connectivity index (χ4n) is 2.28. The molecular weight excluding hydrogens is 294 g/mol. The second-order valence-electron chi connectivity index (χ2n) is 4.77. The van der Waals surface area contributed by atoms with E-state index in [-0.39, 0.29) is 11.8 Å². The number of nitrogens with one attached hydrogen (secondary N) is 1. The van der Waals surface area contributed by atoms with E-state index in [9.17, 15) is 14.4 Å². The fraction of sp³-hybridized carbons (Fsp3) is 0.462. The Labute approximate surface area is 126 Å². The number of ether oxygens (including phenoxy) is 1. The first-order chi connectivity index (χ1) is 10.0. The molecule has 1 aromatic rings. The van der Waals surface area contributed by atoms with Crippen LogP contribution in [0.4, 0.5) is 10.5 Å². The number of primary amides is 1. The smallest absolute Gasteiger partial charge is 0.350 e. The van der Waals surface area contributed by atoms with Gasteiger partial charge in [-0.25, -0.2) is 9.59 Å². The molecule has 114 valence electrons. The molecule has 1 saturated heterocycles. The van der Waals surface area contributed by atoms with Gasteiger partial charge in [-0.05, 0) is 24.3 Å². The zero-order chi connectivity index (χ0) is 15.4. The van der Waals surface area contributed by atoms with Crippen LogP contribution in [0.5, 0.6) is 0 Å². The van der Waals surface area contributed by atoms with Crippen LogP contribution in [0, 0.1) is 5.92 Å². The number of anilines is 1. The van der Waals surface area contributed by atoms with Gasteiger partial charge in [0.2, 0.25) is 5.91 Å². The molecule has 21 heavy (non-hydrogen) atoms. The highest BCUT2D eigenvalue weighted by Crippen LogP contribution is 2.25. The second-order valence-corrected chi connectivity index (χ2v) is 5.68. The Morgan fingerprint density at radius 3 is 2.90 bits per heavy atom. The standard InChI is InChI=1S/C13H17N3O4S/c1-20-12(18)10-9(4-6-21-10)15-11(17)8-3-2-5-16(7-8)13(14)19/h4,6,8H,2-3,5,7H2,1H3,(H2,14,19)(H,15,17). The average Bonchev–Trinajstić information content (AvgIpc) is 2.94. The van der Waals surface area contributed by atoms with Crippen molar-refractivity contribution in [1.29, 1.82) is 0 Å². The second kappa shape index (κ2) is 6.57. The number of methoxy groups -OCH3 is 1. The molecule has 1 aliphatic rings. The zero-order valence-corrected chi connectivity index (χ0v) is 12.4. The normalized spacial score (nSPS) is 18.1. The number of thiophene rings is 1. The maximum atomic E-state index is 12.3. The number of piperidine rings is 1. The van der Waals surface area contributed by atoms with Gasteiger partial charge in [0.1, 0.15) is 4.88 Å². The van der Waals surface area contributed by atoms with Gasteiger partial charge >= 0.3 is 12.0 Å². The molecule has 7 nitrogen and oxygen atoms in total. The van der Waals surface area contributed by atoms with E-state index in [1.807, 2.05) is 0 Å². The van der Waals surface area contributed by atoms with Gasteiger partial charge in [0.05, 0.1) is 18.7 Å². The van der Waals surface area contributed by atoms with E-state index in [1.165, 1.54) is 23.3 Å². The number of hydrogen-bond acceptors (Lipinski definition) is 5. The molecule has 0 bridgehead atoms. The Kier molecular flexibility index (Phi) is 4.79. The van der Waals surface area contributed by atoms with Crippen LogP contribution in [-0.2, 0) is 9.53 Å². The summed E-state index contributed by atoms with van der Waals surface area (Å²) in [5.74, 6) is -1.02. The third kappa shape index (κ3) is 3.52. The summed E-state index contributed by atoms with van der Waals surface area (Å²) in [6.07, 6.45) is 1.42.